The number of aliphatic hydroxyl groups is 1. The number of aliphatic hydroxyl groups excluding tert-OH is 1. The highest BCUT2D eigenvalue weighted by molar-refractivity contribution is 7.98. The van der Waals surface area contributed by atoms with E-state index in [0.717, 1.165) is 11.1 Å². The first-order valence-electron chi connectivity index (χ1n) is 12.7. The molecule has 3 amide bonds. The van der Waals surface area contributed by atoms with Gasteiger partial charge in [-0.1, -0.05) is 36.3 Å². The second-order valence-electron chi connectivity index (χ2n) is 10.2. The number of nitrogens with one attached hydrogen (secondary N) is 2. The molecule has 0 heterocycles. The average molecular weight is 554 g/mol. The Balaban J connectivity index is 2.54. The van der Waals surface area contributed by atoms with Crippen molar-refractivity contribution in [3.8, 4) is 12.3 Å². The fraction of sp³-hybridized carbons (Fsp3) is 0.433. The number of thioether (sulfide) groups is 1. The molecule has 2 rings (SSSR count). The molecule has 3 N–H and O–H groups in total. The minimum Gasteiger partial charge on any atom is -0.444 e. The number of aryl methyl sites for hydroxylation is 2. The molecule has 2 unspecified atom stereocenters. The van der Waals surface area contributed by atoms with Crippen LogP contribution < -0.4 is 10.6 Å². The zero-order valence-corrected chi connectivity index (χ0v) is 24.4. The minimum absolute atomic E-state index is 0.133. The Hall–Kier alpha value is -3.48. The van der Waals surface area contributed by atoms with Gasteiger partial charge < -0.3 is 25.4 Å². The van der Waals surface area contributed by atoms with E-state index >= 15 is 0 Å². The zero-order valence-electron chi connectivity index (χ0n) is 23.5. The molecule has 2 aromatic carbocycles. The number of para-hydroxylation sites is 1. The molecule has 0 fully saturated rings. The second kappa shape index (κ2) is 14.6. The van der Waals surface area contributed by atoms with Crippen molar-refractivity contribution < 1.29 is 24.2 Å². The van der Waals surface area contributed by atoms with Gasteiger partial charge in [0, 0.05) is 17.8 Å². The highest BCUT2D eigenvalue weighted by atomic mass is 32.2. The van der Waals surface area contributed by atoms with Crippen molar-refractivity contribution in [2.45, 2.75) is 58.7 Å². The van der Waals surface area contributed by atoms with Crippen molar-refractivity contribution in [3.63, 3.8) is 0 Å². The highest BCUT2D eigenvalue weighted by Crippen LogP contribution is 2.27. The lowest BCUT2D eigenvalue weighted by Gasteiger charge is -2.34. The van der Waals surface area contributed by atoms with E-state index in [1.807, 2.05) is 38.3 Å². The topological polar surface area (TPSA) is 108 Å². The molecule has 0 aliphatic heterocycles. The summed E-state index contributed by atoms with van der Waals surface area (Å²) in [5.74, 6) is 2.17. The summed E-state index contributed by atoms with van der Waals surface area (Å²) < 4.78 is 5.39. The lowest BCUT2D eigenvalue weighted by Crippen LogP contribution is -2.53. The summed E-state index contributed by atoms with van der Waals surface area (Å²) in [4.78, 5) is 41.8. The number of carbonyl (C=O) groups is 3. The maximum absolute atomic E-state index is 14.0. The first-order valence-corrected chi connectivity index (χ1v) is 14.1. The molecule has 0 bridgehead atoms. The summed E-state index contributed by atoms with van der Waals surface area (Å²) in [7, 11) is 0. The number of ether oxygens (including phenoxy) is 1. The van der Waals surface area contributed by atoms with Gasteiger partial charge in [0.05, 0.1) is 6.61 Å². The van der Waals surface area contributed by atoms with E-state index < -0.39 is 35.6 Å². The number of alkyl carbamates (subject to hydrolysis) is 1. The molecule has 2 atom stereocenters. The van der Waals surface area contributed by atoms with Gasteiger partial charge in [0.2, 0.25) is 5.91 Å². The van der Waals surface area contributed by atoms with Crippen LogP contribution in [0, 0.1) is 26.2 Å². The standard InChI is InChI=1S/C30H39N3O5S/c1-8-22-12-14-23(15-13-22)26(27(35)32-25-20(2)10-9-11-21(25)3)33(17-18-34)28(36)24(16-19-39-7)31-29(37)38-30(4,5)6/h1,9-15,24,26,34H,16-19H2,2-7H3,(H,31,37)(H,32,35). The predicted molar refractivity (Wildman–Crippen MR) is 157 cm³/mol. The van der Waals surface area contributed by atoms with Crippen molar-refractivity contribution >= 4 is 35.4 Å². The summed E-state index contributed by atoms with van der Waals surface area (Å²) in [6, 6.07) is 10.4. The Morgan fingerprint density at radius 2 is 1.72 bits per heavy atom. The van der Waals surface area contributed by atoms with Crippen molar-refractivity contribution in [2.75, 3.05) is 30.5 Å². The van der Waals surface area contributed by atoms with E-state index in [0.29, 0.717) is 29.0 Å². The number of carbonyl (C=O) groups excluding carboxylic acids is 3. The van der Waals surface area contributed by atoms with Crippen molar-refractivity contribution in [2.24, 2.45) is 0 Å². The number of hydrogen-bond acceptors (Lipinski definition) is 6. The first kappa shape index (κ1) is 31.7. The minimum atomic E-state index is -1.10. The van der Waals surface area contributed by atoms with Gasteiger partial charge in [-0.15, -0.1) is 6.42 Å². The quantitative estimate of drug-likeness (QED) is 0.355. The fourth-order valence-corrected chi connectivity index (χ4v) is 4.53. The van der Waals surface area contributed by atoms with Crippen LogP contribution in [-0.2, 0) is 14.3 Å². The van der Waals surface area contributed by atoms with Crippen LogP contribution in [0.5, 0.6) is 0 Å². The number of benzene rings is 2. The van der Waals surface area contributed by atoms with E-state index in [4.69, 9.17) is 11.2 Å². The zero-order chi connectivity index (χ0) is 29.2. The van der Waals surface area contributed by atoms with Gasteiger partial charge in [-0.05, 0) is 81.9 Å². The van der Waals surface area contributed by atoms with E-state index in [1.165, 1.54) is 16.7 Å². The summed E-state index contributed by atoms with van der Waals surface area (Å²) in [6.45, 7) is 8.46. The maximum Gasteiger partial charge on any atom is 0.408 e. The summed E-state index contributed by atoms with van der Waals surface area (Å²) in [5.41, 5.74) is 2.77. The maximum atomic E-state index is 14.0. The van der Waals surface area contributed by atoms with Crippen LogP contribution in [0.1, 0.15) is 55.5 Å². The monoisotopic (exact) mass is 553 g/mol. The van der Waals surface area contributed by atoms with Gasteiger partial charge in [-0.3, -0.25) is 9.59 Å². The van der Waals surface area contributed by atoms with Crippen LogP contribution in [0.3, 0.4) is 0 Å². The third kappa shape index (κ3) is 9.34. The lowest BCUT2D eigenvalue weighted by atomic mass is 10.00. The van der Waals surface area contributed by atoms with Gasteiger partial charge >= 0.3 is 6.09 Å². The molecular formula is C30H39N3O5S. The van der Waals surface area contributed by atoms with E-state index in [9.17, 15) is 19.5 Å². The fourth-order valence-electron chi connectivity index (χ4n) is 4.06. The van der Waals surface area contributed by atoms with Crippen LogP contribution >= 0.6 is 11.8 Å². The van der Waals surface area contributed by atoms with Gasteiger partial charge in [-0.2, -0.15) is 11.8 Å². The van der Waals surface area contributed by atoms with Crippen LogP contribution in [0.15, 0.2) is 42.5 Å². The van der Waals surface area contributed by atoms with Gasteiger partial charge in [0.1, 0.15) is 17.7 Å². The van der Waals surface area contributed by atoms with Crippen LogP contribution in [0.4, 0.5) is 10.5 Å². The lowest BCUT2D eigenvalue weighted by molar-refractivity contribution is -0.141. The van der Waals surface area contributed by atoms with Crippen LogP contribution in [0.2, 0.25) is 0 Å². The van der Waals surface area contributed by atoms with E-state index in [-0.39, 0.29) is 13.2 Å². The Morgan fingerprint density at radius 3 is 2.23 bits per heavy atom. The molecule has 210 valence electrons. The Bertz CT molecular complexity index is 1160. The molecule has 0 spiro atoms. The second-order valence-corrected chi connectivity index (χ2v) is 11.1. The molecule has 0 aliphatic carbocycles. The smallest absolute Gasteiger partial charge is 0.408 e. The van der Waals surface area contributed by atoms with Gasteiger partial charge in [0.25, 0.3) is 5.91 Å². The molecular weight excluding hydrogens is 514 g/mol. The normalized spacial score (nSPS) is 12.6. The molecule has 0 aliphatic rings. The number of rotatable bonds is 11. The molecule has 39 heavy (non-hydrogen) atoms. The van der Waals surface area contributed by atoms with Crippen molar-refractivity contribution in [1.29, 1.82) is 0 Å². The number of nitrogens with zero attached hydrogens (tertiary/aromatic N) is 1. The molecule has 0 saturated carbocycles. The SMILES string of the molecule is C#Cc1ccc(C(C(=O)Nc2c(C)cccc2C)N(CCO)C(=O)C(CCSC)NC(=O)OC(C)(C)C)cc1. The predicted octanol–water partition coefficient (Wildman–Crippen LogP) is 4.43. The summed E-state index contributed by atoms with van der Waals surface area (Å²) in [5, 5.41) is 15.6. The number of hydrogen-bond donors (Lipinski definition) is 3. The average Bonchev–Trinajstić information content (AvgIpc) is 2.87. The summed E-state index contributed by atoms with van der Waals surface area (Å²) in [6.07, 6.45) is 6.99. The number of amides is 3. The van der Waals surface area contributed by atoms with E-state index in [1.54, 1.807) is 45.0 Å². The molecule has 2 aromatic rings. The number of terminal acetylenes is 1. The van der Waals surface area contributed by atoms with Gasteiger partial charge in [0.15, 0.2) is 0 Å². The van der Waals surface area contributed by atoms with Crippen molar-refractivity contribution in [3.05, 3.63) is 64.7 Å². The molecule has 9 heteroatoms. The molecule has 0 saturated heterocycles. The summed E-state index contributed by atoms with van der Waals surface area (Å²) >= 11 is 1.52. The highest BCUT2D eigenvalue weighted by Gasteiger charge is 2.36. The van der Waals surface area contributed by atoms with Crippen LogP contribution in [0.25, 0.3) is 0 Å². The van der Waals surface area contributed by atoms with Crippen molar-refractivity contribution in [1.82, 2.24) is 10.2 Å². The molecule has 0 aromatic heterocycles. The number of anilines is 1. The third-order valence-corrected chi connectivity index (χ3v) is 6.55. The Labute approximate surface area is 235 Å². The first-order chi connectivity index (χ1) is 18.4. The largest absolute Gasteiger partial charge is 0.444 e. The molecule has 8 nitrogen and oxygen atoms in total. The molecule has 0 radical (unpaired) electrons. The Kier molecular flexibility index (Phi) is 11.9. The van der Waals surface area contributed by atoms with Gasteiger partial charge in [-0.25, -0.2) is 4.79 Å². The Morgan fingerprint density at radius 1 is 1.10 bits per heavy atom. The van der Waals surface area contributed by atoms with E-state index in [2.05, 4.69) is 16.6 Å². The van der Waals surface area contributed by atoms with Crippen LogP contribution in [-0.4, -0.2) is 64.7 Å². The third-order valence-electron chi connectivity index (χ3n) is 5.91.